The summed E-state index contributed by atoms with van der Waals surface area (Å²) in [5.41, 5.74) is 3.51. The molecule has 0 saturated heterocycles. The molecule has 0 unspecified atom stereocenters. The van der Waals surface area contributed by atoms with Crippen LogP contribution in [0.3, 0.4) is 0 Å². The fourth-order valence-electron chi connectivity index (χ4n) is 2.80. The van der Waals surface area contributed by atoms with E-state index in [-0.39, 0.29) is 18.4 Å². The zero-order valence-corrected chi connectivity index (χ0v) is 17.8. The molecule has 0 radical (unpaired) electrons. The van der Waals surface area contributed by atoms with Crippen LogP contribution < -0.4 is 15.4 Å². The highest BCUT2D eigenvalue weighted by molar-refractivity contribution is 8.00. The maximum atomic E-state index is 12.1. The van der Waals surface area contributed by atoms with Gasteiger partial charge in [-0.15, -0.1) is 11.8 Å². The van der Waals surface area contributed by atoms with Gasteiger partial charge in [0.15, 0.2) is 6.61 Å². The summed E-state index contributed by atoms with van der Waals surface area (Å²) in [5.74, 6) is 1.06. The number of aryl methyl sites for hydroxylation is 2. The van der Waals surface area contributed by atoms with Gasteiger partial charge in [-0.3, -0.25) is 9.59 Å². The lowest BCUT2D eigenvalue weighted by Crippen LogP contribution is -2.30. The SMILES string of the molecule is Cc1ccc(C)c(SCC(=O)NCCc2ccc(OCC(=O)NC3CC3)cc2)c1. The minimum atomic E-state index is -0.0713. The summed E-state index contributed by atoms with van der Waals surface area (Å²) in [6.45, 7) is 4.76. The van der Waals surface area contributed by atoms with Gasteiger partial charge in [0, 0.05) is 17.5 Å². The third-order valence-corrected chi connectivity index (χ3v) is 5.83. The summed E-state index contributed by atoms with van der Waals surface area (Å²) >= 11 is 1.57. The van der Waals surface area contributed by atoms with E-state index in [4.69, 9.17) is 4.74 Å². The van der Waals surface area contributed by atoms with Crippen molar-refractivity contribution in [1.82, 2.24) is 10.6 Å². The second kappa shape index (κ2) is 10.3. The third kappa shape index (κ3) is 7.46. The van der Waals surface area contributed by atoms with E-state index in [1.807, 2.05) is 24.3 Å². The second-order valence-electron chi connectivity index (χ2n) is 7.43. The predicted molar refractivity (Wildman–Crippen MR) is 116 cm³/mol. The average Bonchev–Trinajstić information content (AvgIpc) is 3.52. The molecule has 5 nitrogen and oxygen atoms in total. The molecule has 0 aliphatic heterocycles. The highest BCUT2D eigenvalue weighted by atomic mass is 32.2. The minimum absolute atomic E-state index is 0.0394. The first kappa shape index (κ1) is 21.2. The molecular formula is C23H28N2O3S. The van der Waals surface area contributed by atoms with Crippen molar-refractivity contribution in [2.45, 2.75) is 44.0 Å². The van der Waals surface area contributed by atoms with Crippen LogP contribution in [-0.4, -0.2) is 36.8 Å². The molecule has 0 heterocycles. The van der Waals surface area contributed by atoms with E-state index in [0.717, 1.165) is 29.7 Å². The van der Waals surface area contributed by atoms with E-state index >= 15 is 0 Å². The number of hydrogen-bond acceptors (Lipinski definition) is 4. The summed E-state index contributed by atoms with van der Waals surface area (Å²) in [7, 11) is 0. The van der Waals surface area contributed by atoms with Gasteiger partial charge in [0.25, 0.3) is 5.91 Å². The number of hydrogen-bond donors (Lipinski definition) is 2. The monoisotopic (exact) mass is 412 g/mol. The van der Waals surface area contributed by atoms with Gasteiger partial charge in [0.1, 0.15) is 5.75 Å². The Hall–Kier alpha value is -2.47. The average molecular weight is 413 g/mol. The molecule has 0 spiro atoms. The molecular weight excluding hydrogens is 384 g/mol. The van der Waals surface area contributed by atoms with Crippen molar-refractivity contribution in [3.63, 3.8) is 0 Å². The molecule has 1 fully saturated rings. The van der Waals surface area contributed by atoms with Crippen LogP contribution in [0.2, 0.25) is 0 Å². The first-order valence-corrected chi connectivity index (χ1v) is 11.0. The van der Waals surface area contributed by atoms with Crippen LogP contribution in [0.1, 0.15) is 29.5 Å². The maximum absolute atomic E-state index is 12.1. The molecule has 2 aromatic rings. The summed E-state index contributed by atoms with van der Waals surface area (Å²) in [6.07, 6.45) is 2.89. The molecule has 0 atom stereocenters. The lowest BCUT2D eigenvalue weighted by atomic mass is 10.1. The summed E-state index contributed by atoms with van der Waals surface area (Å²) < 4.78 is 5.50. The number of rotatable bonds is 10. The van der Waals surface area contributed by atoms with E-state index in [1.165, 1.54) is 11.1 Å². The van der Waals surface area contributed by atoms with Crippen molar-refractivity contribution in [2.75, 3.05) is 18.9 Å². The summed E-state index contributed by atoms with van der Waals surface area (Å²) in [5, 5.41) is 5.86. The van der Waals surface area contributed by atoms with E-state index in [1.54, 1.807) is 11.8 Å². The Morgan fingerprint density at radius 2 is 1.83 bits per heavy atom. The minimum Gasteiger partial charge on any atom is -0.484 e. The van der Waals surface area contributed by atoms with Crippen LogP contribution in [0.4, 0.5) is 0 Å². The predicted octanol–water partition coefficient (Wildman–Crippen LogP) is 3.41. The zero-order chi connectivity index (χ0) is 20.6. The van der Waals surface area contributed by atoms with Gasteiger partial charge in [-0.2, -0.15) is 0 Å². The number of amides is 2. The van der Waals surface area contributed by atoms with Gasteiger partial charge in [0.2, 0.25) is 5.91 Å². The Morgan fingerprint density at radius 1 is 1.07 bits per heavy atom. The van der Waals surface area contributed by atoms with Crippen molar-refractivity contribution in [3.8, 4) is 5.75 Å². The highest BCUT2D eigenvalue weighted by Crippen LogP contribution is 2.23. The van der Waals surface area contributed by atoms with Crippen molar-refractivity contribution in [1.29, 1.82) is 0 Å². The Balaban J connectivity index is 1.33. The molecule has 3 rings (SSSR count). The summed E-state index contributed by atoms with van der Waals surface area (Å²) in [4.78, 5) is 24.9. The van der Waals surface area contributed by atoms with Crippen LogP contribution in [0.5, 0.6) is 5.75 Å². The molecule has 6 heteroatoms. The van der Waals surface area contributed by atoms with E-state index < -0.39 is 0 Å². The van der Waals surface area contributed by atoms with Gasteiger partial charge in [-0.25, -0.2) is 0 Å². The van der Waals surface area contributed by atoms with E-state index in [9.17, 15) is 9.59 Å². The third-order valence-electron chi connectivity index (χ3n) is 4.67. The quantitative estimate of drug-likeness (QED) is 0.587. The molecule has 2 N–H and O–H groups in total. The molecule has 29 heavy (non-hydrogen) atoms. The fraction of sp³-hybridized carbons (Fsp3) is 0.391. The number of carbonyl (C=O) groups is 2. The Bertz CT molecular complexity index is 848. The van der Waals surface area contributed by atoms with E-state index in [0.29, 0.717) is 24.1 Å². The van der Waals surface area contributed by atoms with Crippen LogP contribution in [0, 0.1) is 13.8 Å². The molecule has 2 amide bonds. The number of thioether (sulfide) groups is 1. The fourth-order valence-corrected chi connectivity index (χ4v) is 3.76. The number of carbonyl (C=O) groups excluding carboxylic acids is 2. The van der Waals surface area contributed by atoms with Crippen LogP contribution in [0.25, 0.3) is 0 Å². The lowest BCUT2D eigenvalue weighted by Gasteiger charge is -2.09. The lowest BCUT2D eigenvalue weighted by molar-refractivity contribution is -0.123. The van der Waals surface area contributed by atoms with Crippen molar-refractivity contribution in [3.05, 3.63) is 59.2 Å². The van der Waals surface area contributed by atoms with Crippen molar-refractivity contribution < 1.29 is 14.3 Å². The topological polar surface area (TPSA) is 67.4 Å². The van der Waals surface area contributed by atoms with Gasteiger partial charge >= 0.3 is 0 Å². The van der Waals surface area contributed by atoms with Gasteiger partial charge in [-0.1, -0.05) is 29.8 Å². The molecule has 0 aromatic heterocycles. The number of benzene rings is 2. The zero-order valence-electron chi connectivity index (χ0n) is 17.0. The smallest absolute Gasteiger partial charge is 0.258 e. The number of nitrogens with one attached hydrogen (secondary N) is 2. The molecule has 1 aliphatic carbocycles. The molecule has 0 bridgehead atoms. The maximum Gasteiger partial charge on any atom is 0.258 e. The van der Waals surface area contributed by atoms with Crippen molar-refractivity contribution >= 4 is 23.6 Å². The normalized spacial score (nSPS) is 13.0. The van der Waals surface area contributed by atoms with Crippen LogP contribution in [0.15, 0.2) is 47.4 Å². The largest absolute Gasteiger partial charge is 0.484 e. The van der Waals surface area contributed by atoms with Crippen molar-refractivity contribution in [2.24, 2.45) is 0 Å². The van der Waals surface area contributed by atoms with E-state index in [2.05, 4.69) is 42.7 Å². The first-order chi connectivity index (χ1) is 14.0. The summed E-state index contributed by atoms with van der Waals surface area (Å²) in [6, 6.07) is 14.3. The standard InChI is InChI=1S/C23H28N2O3S/c1-16-3-4-17(2)21(13-16)29-15-23(27)24-12-11-18-5-9-20(10-6-18)28-14-22(26)25-19-7-8-19/h3-6,9-10,13,19H,7-8,11-12,14-15H2,1-2H3,(H,24,27)(H,25,26). The molecule has 2 aromatic carbocycles. The Labute approximate surface area is 176 Å². The molecule has 154 valence electrons. The van der Waals surface area contributed by atoms with Crippen LogP contribution >= 0.6 is 11.8 Å². The molecule has 1 saturated carbocycles. The first-order valence-electron chi connectivity index (χ1n) is 9.97. The van der Waals surface area contributed by atoms with Gasteiger partial charge in [0.05, 0.1) is 5.75 Å². The second-order valence-corrected chi connectivity index (χ2v) is 8.45. The van der Waals surface area contributed by atoms with Gasteiger partial charge < -0.3 is 15.4 Å². The Morgan fingerprint density at radius 3 is 2.55 bits per heavy atom. The van der Waals surface area contributed by atoms with Gasteiger partial charge in [-0.05, 0) is 62.4 Å². The Kier molecular flexibility index (Phi) is 7.58. The van der Waals surface area contributed by atoms with Crippen LogP contribution in [-0.2, 0) is 16.0 Å². The number of ether oxygens (including phenoxy) is 1. The molecule has 1 aliphatic rings. The highest BCUT2D eigenvalue weighted by Gasteiger charge is 2.23.